The summed E-state index contributed by atoms with van der Waals surface area (Å²) in [6.07, 6.45) is 0.280. The average molecular weight is 539 g/mol. The molecule has 0 aromatic heterocycles. The van der Waals surface area contributed by atoms with Gasteiger partial charge in [-0.3, -0.25) is 14.9 Å². The minimum absolute atomic E-state index is 0.0800. The van der Waals surface area contributed by atoms with E-state index in [0.29, 0.717) is 24.8 Å². The minimum Gasteiger partial charge on any atom is -0.395 e. The van der Waals surface area contributed by atoms with Gasteiger partial charge in [0.15, 0.2) is 0 Å². The molecule has 208 valence electrons. The van der Waals surface area contributed by atoms with Crippen LogP contribution in [-0.4, -0.2) is 48.1 Å². The number of carbonyl (C=O) groups excluding carboxylic acids is 2. The van der Waals surface area contributed by atoms with Crippen molar-refractivity contribution < 1.29 is 23.5 Å². The molecule has 0 saturated heterocycles. The molecule has 2 aromatic rings. The van der Waals surface area contributed by atoms with Gasteiger partial charge in [-0.1, -0.05) is 62.4 Å². The van der Waals surface area contributed by atoms with Crippen LogP contribution >= 0.6 is 0 Å². The molecule has 0 bridgehead atoms. The first-order valence-corrected chi connectivity index (χ1v) is 13.5. The molecule has 2 atom stereocenters. The molecule has 0 unspecified atom stereocenters. The summed E-state index contributed by atoms with van der Waals surface area (Å²) >= 11 is 0. The summed E-state index contributed by atoms with van der Waals surface area (Å²) in [6, 6.07) is 14.4. The van der Waals surface area contributed by atoms with E-state index in [0.717, 1.165) is 29.5 Å². The molecule has 4 rings (SSSR count). The number of amides is 2. The maximum absolute atomic E-state index is 14.2. The molecule has 7 nitrogen and oxygen atoms in total. The summed E-state index contributed by atoms with van der Waals surface area (Å²) < 4.78 is 28.4. The zero-order chi connectivity index (χ0) is 28.2. The van der Waals surface area contributed by atoms with E-state index in [2.05, 4.69) is 22.0 Å². The van der Waals surface area contributed by atoms with Crippen molar-refractivity contribution in [2.75, 3.05) is 13.2 Å². The standard InChI is InChI=1S/C30H36F2N4O3/c1-19(2)17-24(27(38)36-29(18-33)11-12-29)35-25(26(31)32)22-5-3-20(4-6-22)21-7-9-23(10-8-21)30(13-14-30)28(39)34-15-16-37/h3-10,19,24-26,35,37H,11-17H2,1-2H3,(H,34,39)(H,36,38)/t24-,25-/m0/s1. The van der Waals surface area contributed by atoms with Crippen LogP contribution in [0.1, 0.15) is 63.1 Å². The Bertz CT molecular complexity index is 1200. The smallest absolute Gasteiger partial charge is 0.257 e. The maximum Gasteiger partial charge on any atom is 0.257 e. The Morgan fingerprint density at radius 1 is 1.00 bits per heavy atom. The zero-order valence-corrected chi connectivity index (χ0v) is 22.3. The highest BCUT2D eigenvalue weighted by Crippen LogP contribution is 2.48. The largest absolute Gasteiger partial charge is 0.395 e. The van der Waals surface area contributed by atoms with Gasteiger partial charge in [-0.25, -0.2) is 8.78 Å². The van der Waals surface area contributed by atoms with Crippen molar-refractivity contribution in [1.82, 2.24) is 16.0 Å². The molecule has 9 heteroatoms. The molecule has 2 aliphatic rings. The van der Waals surface area contributed by atoms with Crippen molar-refractivity contribution in [2.24, 2.45) is 5.92 Å². The SMILES string of the molecule is CC(C)C[C@H](N[C@@H](c1ccc(-c2ccc(C3(C(=O)NCCO)CC3)cc2)cc1)C(F)F)C(=O)NC1(C#N)CC1. The molecule has 0 aliphatic heterocycles. The summed E-state index contributed by atoms with van der Waals surface area (Å²) in [5, 5.41) is 26.7. The Morgan fingerprint density at radius 2 is 1.59 bits per heavy atom. The van der Waals surface area contributed by atoms with E-state index in [9.17, 15) is 23.6 Å². The van der Waals surface area contributed by atoms with E-state index in [1.54, 1.807) is 24.3 Å². The van der Waals surface area contributed by atoms with Crippen molar-refractivity contribution in [1.29, 1.82) is 5.26 Å². The summed E-state index contributed by atoms with van der Waals surface area (Å²) in [6.45, 7) is 3.96. The van der Waals surface area contributed by atoms with E-state index in [4.69, 9.17) is 5.11 Å². The third kappa shape index (κ3) is 6.63. The quantitative estimate of drug-likeness (QED) is 0.308. The Kier molecular flexibility index (Phi) is 8.67. The predicted octanol–water partition coefficient (Wildman–Crippen LogP) is 3.98. The van der Waals surface area contributed by atoms with Crippen LogP contribution in [0.4, 0.5) is 8.78 Å². The third-order valence-electron chi connectivity index (χ3n) is 7.61. The number of carbonyl (C=O) groups is 2. The lowest BCUT2D eigenvalue weighted by atomic mass is 9.92. The lowest BCUT2D eigenvalue weighted by Gasteiger charge is -2.27. The van der Waals surface area contributed by atoms with Crippen LogP contribution in [0.15, 0.2) is 48.5 Å². The molecule has 0 spiro atoms. The molecule has 0 radical (unpaired) electrons. The molecule has 2 aromatic carbocycles. The predicted molar refractivity (Wildman–Crippen MR) is 144 cm³/mol. The van der Waals surface area contributed by atoms with E-state index in [1.807, 2.05) is 38.1 Å². The van der Waals surface area contributed by atoms with E-state index in [-0.39, 0.29) is 25.0 Å². The minimum atomic E-state index is -2.74. The van der Waals surface area contributed by atoms with Gasteiger partial charge in [-0.05, 0) is 60.3 Å². The first-order chi connectivity index (χ1) is 18.6. The molecule has 2 fully saturated rings. The molecular formula is C30H36F2N4O3. The Labute approximate surface area is 228 Å². The number of hydrogen-bond donors (Lipinski definition) is 4. The van der Waals surface area contributed by atoms with Crippen LogP contribution in [0.25, 0.3) is 11.1 Å². The van der Waals surface area contributed by atoms with Crippen molar-refractivity contribution in [3.05, 3.63) is 59.7 Å². The molecule has 39 heavy (non-hydrogen) atoms. The Balaban J connectivity index is 1.47. The monoisotopic (exact) mass is 538 g/mol. The van der Waals surface area contributed by atoms with Gasteiger partial charge in [0.05, 0.1) is 30.2 Å². The number of nitriles is 1. The fourth-order valence-electron chi connectivity index (χ4n) is 4.94. The summed E-state index contributed by atoms with van der Waals surface area (Å²) in [4.78, 5) is 25.4. The number of alkyl halides is 2. The number of aliphatic hydroxyl groups excluding tert-OH is 1. The second-order valence-electron chi connectivity index (χ2n) is 11.1. The first-order valence-electron chi connectivity index (χ1n) is 13.5. The van der Waals surface area contributed by atoms with Gasteiger partial charge in [0.25, 0.3) is 6.43 Å². The fourth-order valence-corrected chi connectivity index (χ4v) is 4.94. The van der Waals surface area contributed by atoms with Gasteiger partial charge in [0.2, 0.25) is 11.8 Å². The molecule has 2 amide bonds. The summed E-state index contributed by atoms with van der Waals surface area (Å²) in [5.74, 6) is -0.420. The van der Waals surface area contributed by atoms with Crippen LogP contribution in [0.3, 0.4) is 0 Å². The Morgan fingerprint density at radius 3 is 2.05 bits per heavy atom. The Hall–Kier alpha value is -3.35. The number of hydrogen-bond acceptors (Lipinski definition) is 5. The zero-order valence-electron chi connectivity index (χ0n) is 22.3. The van der Waals surface area contributed by atoms with Gasteiger partial charge in [-0.2, -0.15) is 5.26 Å². The molecule has 0 heterocycles. The molecular weight excluding hydrogens is 502 g/mol. The number of rotatable bonds is 13. The second-order valence-corrected chi connectivity index (χ2v) is 11.1. The van der Waals surface area contributed by atoms with Crippen LogP contribution in [-0.2, 0) is 15.0 Å². The topological polar surface area (TPSA) is 114 Å². The molecule has 2 aliphatic carbocycles. The third-order valence-corrected chi connectivity index (χ3v) is 7.61. The van der Waals surface area contributed by atoms with Crippen LogP contribution in [0, 0.1) is 17.2 Å². The summed E-state index contributed by atoms with van der Waals surface area (Å²) in [7, 11) is 0. The normalized spacial score (nSPS) is 18.2. The number of halogens is 2. The molecule has 2 saturated carbocycles. The first kappa shape index (κ1) is 28.7. The number of nitrogens with zero attached hydrogens (tertiary/aromatic N) is 1. The van der Waals surface area contributed by atoms with Gasteiger partial charge in [0, 0.05) is 6.54 Å². The van der Waals surface area contributed by atoms with Crippen molar-refractivity contribution in [3.8, 4) is 17.2 Å². The average Bonchev–Trinajstić information content (AvgIpc) is 3.86. The van der Waals surface area contributed by atoms with Crippen molar-refractivity contribution >= 4 is 11.8 Å². The number of benzene rings is 2. The van der Waals surface area contributed by atoms with E-state index < -0.39 is 35.4 Å². The number of aliphatic hydroxyl groups is 1. The van der Waals surface area contributed by atoms with Crippen molar-refractivity contribution in [2.45, 2.75) is 75.4 Å². The second kappa shape index (κ2) is 11.8. The highest BCUT2D eigenvalue weighted by molar-refractivity contribution is 5.91. The van der Waals surface area contributed by atoms with Gasteiger partial charge < -0.3 is 15.7 Å². The highest BCUT2D eigenvalue weighted by Gasteiger charge is 2.51. The maximum atomic E-state index is 14.2. The van der Waals surface area contributed by atoms with Crippen LogP contribution in [0.2, 0.25) is 0 Å². The lowest BCUT2D eigenvalue weighted by molar-refractivity contribution is -0.125. The lowest BCUT2D eigenvalue weighted by Crippen LogP contribution is -2.51. The fraction of sp³-hybridized carbons (Fsp3) is 0.500. The van der Waals surface area contributed by atoms with Gasteiger partial charge >= 0.3 is 0 Å². The number of nitrogens with one attached hydrogen (secondary N) is 3. The molecule has 4 N–H and O–H groups in total. The highest BCUT2D eigenvalue weighted by atomic mass is 19.3. The van der Waals surface area contributed by atoms with Crippen molar-refractivity contribution in [3.63, 3.8) is 0 Å². The van der Waals surface area contributed by atoms with E-state index >= 15 is 0 Å². The summed E-state index contributed by atoms with van der Waals surface area (Å²) in [5.41, 5.74) is 1.60. The van der Waals surface area contributed by atoms with E-state index in [1.165, 1.54) is 0 Å². The van der Waals surface area contributed by atoms with Crippen LogP contribution in [0.5, 0.6) is 0 Å². The van der Waals surface area contributed by atoms with Crippen LogP contribution < -0.4 is 16.0 Å². The van der Waals surface area contributed by atoms with Gasteiger partial charge in [-0.15, -0.1) is 0 Å². The van der Waals surface area contributed by atoms with Gasteiger partial charge in [0.1, 0.15) is 5.54 Å².